The molecule has 3 aromatic rings. The number of nitrogens with one attached hydrogen (secondary N) is 2. The third kappa shape index (κ3) is 6.46. The number of guanidine groups is 1. The summed E-state index contributed by atoms with van der Waals surface area (Å²) in [5.74, 6) is 1.86. The van der Waals surface area contributed by atoms with Crippen LogP contribution < -0.4 is 10.6 Å². The van der Waals surface area contributed by atoms with Crippen LogP contribution >= 0.6 is 46.9 Å². The van der Waals surface area contributed by atoms with Crippen LogP contribution in [-0.4, -0.2) is 29.7 Å². The maximum atomic E-state index is 6.00. The average molecular weight is 532 g/mol. The van der Waals surface area contributed by atoms with Crippen LogP contribution in [0.15, 0.2) is 45.9 Å². The molecule has 0 aliphatic carbocycles. The molecule has 1 aromatic carbocycles. The number of rotatable bonds is 7. The van der Waals surface area contributed by atoms with Gasteiger partial charge in [-0.05, 0) is 30.7 Å². The predicted molar refractivity (Wildman–Crippen MR) is 126 cm³/mol. The minimum absolute atomic E-state index is 0. The van der Waals surface area contributed by atoms with Crippen LogP contribution in [0.4, 0.5) is 0 Å². The highest BCUT2D eigenvalue weighted by Gasteiger charge is 2.09. The summed E-state index contributed by atoms with van der Waals surface area (Å²) in [6, 6.07) is 11.7. The molecule has 0 aliphatic heterocycles. The minimum Gasteiger partial charge on any atom is -0.356 e. The summed E-state index contributed by atoms with van der Waals surface area (Å²) in [6.07, 6.45) is 1.67. The lowest BCUT2D eigenvalue weighted by Crippen LogP contribution is -2.37. The Hall–Kier alpha value is -1.65. The Labute approximate surface area is 190 Å². The molecular weight excluding hydrogens is 509 g/mol. The van der Waals surface area contributed by atoms with Crippen LogP contribution in [-0.2, 0) is 19.4 Å². The number of benzene rings is 1. The minimum atomic E-state index is 0. The van der Waals surface area contributed by atoms with Crippen molar-refractivity contribution >= 4 is 52.9 Å². The highest BCUT2D eigenvalue weighted by atomic mass is 127. The van der Waals surface area contributed by atoms with Gasteiger partial charge in [0.05, 0.1) is 6.54 Å². The molecule has 0 fully saturated rings. The van der Waals surface area contributed by atoms with Crippen molar-refractivity contribution in [1.82, 2.24) is 20.8 Å². The number of halogens is 2. The van der Waals surface area contributed by atoms with E-state index in [2.05, 4.69) is 44.8 Å². The first-order valence-corrected chi connectivity index (χ1v) is 9.98. The number of aliphatic imine (C=N–C) groups is 1. The van der Waals surface area contributed by atoms with Gasteiger partial charge in [0.15, 0.2) is 5.96 Å². The van der Waals surface area contributed by atoms with Gasteiger partial charge in [-0.2, -0.15) is 4.98 Å². The second kappa shape index (κ2) is 11.4. The Kier molecular flexibility index (Phi) is 9.20. The molecule has 6 nitrogen and oxygen atoms in total. The Balaban J connectivity index is 0.00000280. The van der Waals surface area contributed by atoms with Gasteiger partial charge >= 0.3 is 0 Å². The molecule has 2 N–H and O–H groups in total. The van der Waals surface area contributed by atoms with Crippen LogP contribution in [0.3, 0.4) is 0 Å². The molecule has 3 rings (SSSR count). The SMILES string of the molecule is CCc1ccc(CNC(=NC)NCCc2nc(-c3cccc(Cl)c3)no2)s1.I. The smallest absolute Gasteiger partial charge is 0.228 e. The van der Waals surface area contributed by atoms with E-state index in [0.717, 1.165) is 24.5 Å². The number of nitrogens with zero attached hydrogens (tertiary/aromatic N) is 3. The summed E-state index contributed by atoms with van der Waals surface area (Å²) in [7, 11) is 1.76. The van der Waals surface area contributed by atoms with Crippen molar-refractivity contribution in [1.29, 1.82) is 0 Å². The lowest BCUT2D eigenvalue weighted by Gasteiger charge is -2.10. The fourth-order valence-corrected chi connectivity index (χ4v) is 3.58. The first-order valence-electron chi connectivity index (χ1n) is 8.78. The van der Waals surface area contributed by atoms with Crippen molar-refractivity contribution in [3.8, 4) is 11.4 Å². The van der Waals surface area contributed by atoms with Gasteiger partial charge in [-0.25, -0.2) is 0 Å². The molecule has 0 saturated heterocycles. The molecule has 0 aliphatic rings. The summed E-state index contributed by atoms with van der Waals surface area (Å²) in [5.41, 5.74) is 0.838. The van der Waals surface area contributed by atoms with Crippen LogP contribution in [0.5, 0.6) is 0 Å². The lowest BCUT2D eigenvalue weighted by molar-refractivity contribution is 0.378. The fraction of sp³-hybridized carbons (Fsp3) is 0.316. The number of hydrogen-bond acceptors (Lipinski definition) is 5. The van der Waals surface area contributed by atoms with Crippen molar-refractivity contribution in [2.75, 3.05) is 13.6 Å². The van der Waals surface area contributed by atoms with Gasteiger partial charge in [-0.3, -0.25) is 4.99 Å². The summed E-state index contributed by atoms with van der Waals surface area (Å²) in [4.78, 5) is 11.3. The molecular formula is C19H23ClIN5OS. The van der Waals surface area contributed by atoms with Crippen LogP contribution in [0.25, 0.3) is 11.4 Å². The Morgan fingerprint density at radius 3 is 2.75 bits per heavy atom. The zero-order valence-corrected chi connectivity index (χ0v) is 19.6. The molecule has 2 heterocycles. The van der Waals surface area contributed by atoms with Crippen molar-refractivity contribution in [2.24, 2.45) is 4.99 Å². The Morgan fingerprint density at radius 2 is 2.04 bits per heavy atom. The zero-order valence-electron chi connectivity index (χ0n) is 15.7. The monoisotopic (exact) mass is 531 g/mol. The van der Waals surface area contributed by atoms with E-state index in [1.807, 2.05) is 35.6 Å². The molecule has 0 radical (unpaired) electrons. The van der Waals surface area contributed by atoms with Crippen molar-refractivity contribution < 1.29 is 4.52 Å². The highest BCUT2D eigenvalue weighted by molar-refractivity contribution is 14.0. The molecule has 0 amide bonds. The van der Waals surface area contributed by atoms with Gasteiger partial charge in [0.2, 0.25) is 11.7 Å². The Bertz CT molecular complexity index is 911. The number of aryl methyl sites for hydroxylation is 1. The summed E-state index contributed by atoms with van der Waals surface area (Å²) < 4.78 is 5.32. The quantitative estimate of drug-likeness (QED) is 0.266. The van der Waals surface area contributed by atoms with E-state index in [0.29, 0.717) is 29.7 Å². The van der Waals surface area contributed by atoms with E-state index in [1.165, 1.54) is 9.75 Å². The average Bonchev–Trinajstić information content (AvgIpc) is 3.34. The first-order chi connectivity index (χ1) is 13.2. The maximum absolute atomic E-state index is 6.00. The Morgan fingerprint density at radius 1 is 1.21 bits per heavy atom. The van der Waals surface area contributed by atoms with Gasteiger partial charge in [0, 0.05) is 40.4 Å². The van der Waals surface area contributed by atoms with E-state index in [4.69, 9.17) is 16.1 Å². The van der Waals surface area contributed by atoms with Crippen molar-refractivity contribution in [3.63, 3.8) is 0 Å². The van der Waals surface area contributed by atoms with Gasteiger partial charge in [-0.15, -0.1) is 35.3 Å². The lowest BCUT2D eigenvalue weighted by atomic mass is 10.2. The third-order valence-corrected chi connectivity index (χ3v) is 5.37. The number of hydrogen-bond donors (Lipinski definition) is 2. The standard InChI is InChI=1S/C19H22ClN5OS.HI/c1-3-15-7-8-16(27-15)12-23-19(21-2)22-10-9-17-24-18(25-26-17)13-5-4-6-14(20)11-13;/h4-8,11H,3,9-10,12H2,1-2H3,(H2,21,22,23);1H. The van der Waals surface area contributed by atoms with Gasteiger partial charge < -0.3 is 15.2 Å². The van der Waals surface area contributed by atoms with Crippen LogP contribution in [0.1, 0.15) is 22.6 Å². The van der Waals surface area contributed by atoms with Crippen molar-refractivity contribution in [2.45, 2.75) is 26.3 Å². The molecule has 150 valence electrons. The number of aromatic nitrogens is 2. The van der Waals surface area contributed by atoms with E-state index in [1.54, 1.807) is 7.05 Å². The third-order valence-electron chi connectivity index (χ3n) is 3.90. The first kappa shape index (κ1) is 22.6. The summed E-state index contributed by atoms with van der Waals surface area (Å²) >= 11 is 7.82. The maximum Gasteiger partial charge on any atom is 0.228 e. The molecule has 28 heavy (non-hydrogen) atoms. The fourth-order valence-electron chi connectivity index (χ4n) is 2.49. The molecule has 0 spiro atoms. The van der Waals surface area contributed by atoms with Crippen LogP contribution in [0.2, 0.25) is 5.02 Å². The molecule has 0 atom stereocenters. The van der Waals surface area contributed by atoms with Gasteiger partial charge in [-0.1, -0.05) is 35.8 Å². The topological polar surface area (TPSA) is 75.3 Å². The molecule has 0 saturated carbocycles. The normalized spacial score (nSPS) is 11.2. The van der Waals surface area contributed by atoms with Crippen molar-refractivity contribution in [3.05, 3.63) is 57.1 Å². The highest BCUT2D eigenvalue weighted by Crippen LogP contribution is 2.20. The molecule has 0 unspecified atom stereocenters. The molecule has 2 aromatic heterocycles. The van der Waals surface area contributed by atoms with Crippen LogP contribution in [0, 0.1) is 0 Å². The second-order valence-electron chi connectivity index (χ2n) is 5.85. The van der Waals surface area contributed by atoms with E-state index >= 15 is 0 Å². The number of thiophene rings is 1. The van der Waals surface area contributed by atoms with Gasteiger partial charge in [0.25, 0.3) is 0 Å². The van der Waals surface area contributed by atoms with E-state index in [9.17, 15) is 0 Å². The summed E-state index contributed by atoms with van der Waals surface area (Å²) in [6.45, 7) is 3.56. The largest absolute Gasteiger partial charge is 0.356 e. The summed E-state index contributed by atoms with van der Waals surface area (Å²) in [5, 5.41) is 11.2. The predicted octanol–water partition coefficient (Wildman–Crippen LogP) is 4.54. The zero-order chi connectivity index (χ0) is 19.1. The molecule has 9 heteroatoms. The van der Waals surface area contributed by atoms with Gasteiger partial charge in [0.1, 0.15) is 0 Å². The second-order valence-corrected chi connectivity index (χ2v) is 7.54. The molecule has 0 bridgehead atoms. The van der Waals surface area contributed by atoms with E-state index in [-0.39, 0.29) is 24.0 Å². The van der Waals surface area contributed by atoms with E-state index < -0.39 is 0 Å².